The van der Waals surface area contributed by atoms with Crippen molar-refractivity contribution in [2.75, 3.05) is 19.6 Å². The number of likely N-dealkylation sites (N-methyl/N-ethyl adjacent to an activating group) is 1. The van der Waals surface area contributed by atoms with Crippen molar-refractivity contribution >= 4 is 6.09 Å². The van der Waals surface area contributed by atoms with Crippen molar-refractivity contribution in [2.45, 2.75) is 65.6 Å². The van der Waals surface area contributed by atoms with Gasteiger partial charge in [0.2, 0.25) is 0 Å². The first-order valence-electron chi connectivity index (χ1n) is 9.05. The number of likely N-dealkylation sites (tertiary alicyclic amines) is 1. The number of carbonyl (C=O) groups excluding carboxylic acids is 1. The molecule has 1 N–H and O–H groups in total. The monoisotopic (exact) mass is 336 g/mol. The van der Waals surface area contributed by atoms with Crippen LogP contribution >= 0.6 is 0 Å². The van der Waals surface area contributed by atoms with Crippen LogP contribution in [0.4, 0.5) is 4.79 Å². The summed E-state index contributed by atoms with van der Waals surface area (Å²) in [5.74, 6) is 1.54. The topological polar surface area (TPSA) is 59.4 Å². The maximum absolute atomic E-state index is 12.3. The Balaban J connectivity index is 1.98. The highest BCUT2D eigenvalue weighted by Crippen LogP contribution is 2.24. The fraction of sp³-hybridized carbons (Fsp3) is 0.778. The molecule has 1 aromatic rings. The lowest BCUT2D eigenvalue weighted by molar-refractivity contribution is 0.0285. The number of carbonyl (C=O) groups is 1. The summed E-state index contributed by atoms with van der Waals surface area (Å²) < 4.78 is 7.69. The Kier molecular flexibility index (Phi) is 6.27. The van der Waals surface area contributed by atoms with Crippen LogP contribution < -0.4 is 5.32 Å². The van der Waals surface area contributed by atoms with Crippen molar-refractivity contribution in [2.24, 2.45) is 5.92 Å². The number of nitrogens with zero attached hydrogens (tertiary/aromatic N) is 3. The Labute approximate surface area is 145 Å². The van der Waals surface area contributed by atoms with E-state index in [-0.39, 0.29) is 6.09 Å². The quantitative estimate of drug-likeness (QED) is 0.868. The molecule has 0 bridgehead atoms. The Morgan fingerprint density at radius 2 is 2.21 bits per heavy atom. The van der Waals surface area contributed by atoms with Crippen molar-refractivity contribution in [3.05, 3.63) is 18.2 Å². The smallest absolute Gasteiger partial charge is 0.410 e. The summed E-state index contributed by atoms with van der Waals surface area (Å²) in [5, 5.41) is 3.59. The van der Waals surface area contributed by atoms with Crippen molar-refractivity contribution < 1.29 is 9.53 Å². The summed E-state index contributed by atoms with van der Waals surface area (Å²) >= 11 is 0. The lowest BCUT2D eigenvalue weighted by Gasteiger charge is -2.26. The van der Waals surface area contributed by atoms with Crippen LogP contribution in [0.3, 0.4) is 0 Å². The lowest BCUT2D eigenvalue weighted by atomic mass is 9.95. The summed E-state index contributed by atoms with van der Waals surface area (Å²) in [7, 11) is 0. The van der Waals surface area contributed by atoms with Crippen LogP contribution in [0, 0.1) is 5.92 Å². The van der Waals surface area contributed by atoms with E-state index in [0.29, 0.717) is 12.0 Å². The molecule has 0 radical (unpaired) electrons. The van der Waals surface area contributed by atoms with Crippen LogP contribution in [-0.4, -0.2) is 51.8 Å². The summed E-state index contributed by atoms with van der Waals surface area (Å²) in [6.45, 7) is 13.3. The first-order valence-corrected chi connectivity index (χ1v) is 9.05. The van der Waals surface area contributed by atoms with Gasteiger partial charge < -0.3 is 19.5 Å². The minimum Gasteiger partial charge on any atom is -0.444 e. The molecule has 136 valence electrons. The number of hydrogen-bond donors (Lipinski definition) is 1. The first kappa shape index (κ1) is 18.8. The summed E-state index contributed by atoms with van der Waals surface area (Å²) in [4.78, 5) is 18.6. The number of amides is 1. The Morgan fingerprint density at radius 3 is 2.83 bits per heavy atom. The summed E-state index contributed by atoms with van der Waals surface area (Å²) in [6.07, 6.45) is 5.59. The van der Waals surface area contributed by atoms with Gasteiger partial charge >= 0.3 is 6.09 Å². The van der Waals surface area contributed by atoms with E-state index in [0.717, 1.165) is 44.8 Å². The average Bonchev–Trinajstić information content (AvgIpc) is 3.14. The SMILES string of the molecule is CCNC(Cc1nccn1CC)C1CCN(C(=O)OC(C)(C)C)C1. The van der Waals surface area contributed by atoms with Crippen molar-refractivity contribution in [3.63, 3.8) is 0 Å². The van der Waals surface area contributed by atoms with E-state index in [2.05, 4.69) is 28.7 Å². The molecule has 2 unspecified atom stereocenters. The molecule has 2 atom stereocenters. The molecule has 24 heavy (non-hydrogen) atoms. The number of rotatable bonds is 6. The zero-order valence-electron chi connectivity index (χ0n) is 15.7. The minimum atomic E-state index is -0.442. The van der Waals surface area contributed by atoms with Crippen LogP contribution in [0.1, 0.15) is 46.9 Å². The largest absolute Gasteiger partial charge is 0.444 e. The van der Waals surface area contributed by atoms with Crippen LogP contribution in [-0.2, 0) is 17.7 Å². The third-order valence-corrected chi connectivity index (χ3v) is 4.46. The zero-order valence-corrected chi connectivity index (χ0v) is 15.7. The van der Waals surface area contributed by atoms with E-state index in [1.54, 1.807) is 0 Å². The average molecular weight is 336 g/mol. The molecule has 1 amide bonds. The van der Waals surface area contributed by atoms with Crippen LogP contribution in [0.2, 0.25) is 0 Å². The Bertz CT molecular complexity index is 535. The molecule has 6 heteroatoms. The molecule has 0 saturated carbocycles. The van der Waals surface area contributed by atoms with E-state index >= 15 is 0 Å². The predicted octanol–water partition coefficient (Wildman–Crippen LogP) is 2.68. The molecule has 0 aliphatic carbocycles. The molecule has 1 aliphatic heterocycles. The number of nitrogens with one attached hydrogen (secondary N) is 1. The van der Waals surface area contributed by atoms with Gasteiger partial charge in [-0.25, -0.2) is 9.78 Å². The van der Waals surface area contributed by atoms with Gasteiger partial charge in [0, 0.05) is 44.5 Å². The molecule has 2 heterocycles. The molecule has 2 rings (SSSR count). The Hall–Kier alpha value is -1.56. The molecule has 1 aromatic heterocycles. The van der Waals surface area contributed by atoms with Crippen molar-refractivity contribution in [3.8, 4) is 0 Å². The van der Waals surface area contributed by atoms with Crippen molar-refractivity contribution in [1.29, 1.82) is 0 Å². The Morgan fingerprint density at radius 1 is 1.46 bits per heavy atom. The second kappa shape index (κ2) is 8.01. The van der Waals surface area contributed by atoms with Gasteiger partial charge in [-0.15, -0.1) is 0 Å². The van der Waals surface area contributed by atoms with Crippen molar-refractivity contribution in [1.82, 2.24) is 19.8 Å². The highest BCUT2D eigenvalue weighted by atomic mass is 16.6. The van der Waals surface area contributed by atoms with Gasteiger partial charge in [0.25, 0.3) is 0 Å². The third-order valence-electron chi connectivity index (χ3n) is 4.46. The second-order valence-electron chi connectivity index (χ2n) is 7.47. The molecule has 0 aromatic carbocycles. The lowest BCUT2D eigenvalue weighted by Crippen LogP contribution is -2.41. The number of aryl methyl sites for hydroxylation is 1. The first-order chi connectivity index (χ1) is 11.3. The molecule has 1 saturated heterocycles. The van der Waals surface area contributed by atoms with E-state index in [1.165, 1.54) is 0 Å². The fourth-order valence-corrected chi connectivity index (χ4v) is 3.29. The van der Waals surface area contributed by atoms with Gasteiger partial charge in [-0.05, 0) is 46.6 Å². The van der Waals surface area contributed by atoms with Crippen LogP contribution in [0.25, 0.3) is 0 Å². The maximum atomic E-state index is 12.3. The van der Waals surface area contributed by atoms with Gasteiger partial charge in [0.1, 0.15) is 11.4 Å². The standard InChI is InChI=1S/C18H32N4O2/c1-6-19-15(12-16-20-9-11-21(16)7-2)14-8-10-22(13-14)17(23)24-18(3,4)5/h9,11,14-15,19H,6-8,10,12-13H2,1-5H3. The molecular weight excluding hydrogens is 304 g/mol. The molecule has 0 spiro atoms. The summed E-state index contributed by atoms with van der Waals surface area (Å²) in [6, 6.07) is 0.329. The highest BCUT2D eigenvalue weighted by Gasteiger charge is 2.34. The number of hydrogen-bond acceptors (Lipinski definition) is 4. The third kappa shape index (κ3) is 4.97. The van der Waals surface area contributed by atoms with Crippen LogP contribution in [0.15, 0.2) is 12.4 Å². The normalized spacial score (nSPS) is 19.5. The zero-order chi connectivity index (χ0) is 17.7. The van der Waals surface area contributed by atoms with E-state index in [1.807, 2.05) is 38.1 Å². The number of ether oxygens (including phenoxy) is 1. The van der Waals surface area contributed by atoms with Gasteiger partial charge in [0.15, 0.2) is 0 Å². The number of aromatic nitrogens is 2. The molecular formula is C18H32N4O2. The predicted molar refractivity (Wildman–Crippen MR) is 95.0 cm³/mol. The number of imidazole rings is 1. The van der Waals surface area contributed by atoms with E-state index in [4.69, 9.17) is 4.74 Å². The van der Waals surface area contributed by atoms with Gasteiger partial charge in [-0.2, -0.15) is 0 Å². The van der Waals surface area contributed by atoms with Gasteiger partial charge in [-0.1, -0.05) is 6.92 Å². The highest BCUT2D eigenvalue weighted by molar-refractivity contribution is 5.68. The van der Waals surface area contributed by atoms with E-state index in [9.17, 15) is 4.79 Å². The molecule has 1 fully saturated rings. The fourth-order valence-electron chi connectivity index (χ4n) is 3.29. The van der Waals surface area contributed by atoms with E-state index < -0.39 is 5.60 Å². The van der Waals surface area contributed by atoms with Gasteiger partial charge in [-0.3, -0.25) is 0 Å². The minimum absolute atomic E-state index is 0.199. The van der Waals surface area contributed by atoms with Gasteiger partial charge in [0.05, 0.1) is 0 Å². The maximum Gasteiger partial charge on any atom is 0.410 e. The molecule has 6 nitrogen and oxygen atoms in total. The second-order valence-corrected chi connectivity index (χ2v) is 7.47. The van der Waals surface area contributed by atoms with Crippen LogP contribution in [0.5, 0.6) is 0 Å². The molecule has 1 aliphatic rings. The summed E-state index contributed by atoms with van der Waals surface area (Å²) in [5.41, 5.74) is -0.442.